The van der Waals surface area contributed by atoms with E-state index in [1.807, 2.05) is 19.1 Å². The Labute approximate surface area is 123 Å². The highest BCUT2D eigenvalue weighted by atomic mass is 35.5. The van der Waals surface area contributed by atoms with Crippen LogP contribution in [0.2, 0.25) is 5.02 Å². The summed E-state index contributed by atoms with van der Waals surface area (Å²) in [6, 6.07) is 5.44. The molecule has 1 aromatic carbocycles. The molecule has 2 atom stereocenters. The number of halogens is 1. The smallest absolute Gasteiger partial charge is 0.326 e. The van der Waals surface area contributed by atoms with Gasteiger partial charge in [0.25, 0.3) is 0 Å². The van der Waals surface area contributed by atoms with Gasteiger partial charge in [0.15, 0.2) is 0 Å². The molecule has 0 aliphatic carbocycles. The van der Waals surface area contributed by atoms with E-state index in [1.54, 1.807) is 26.0 Å². The van der Waals surface area contributed by atoms with Crippen LogP contribution in [0.5, 0.6) is 0 Å². The fourth-order valence-electron chi connectivity index (χ4n) is 1.73. The topological polar surface area (TPSA) is 78.4 Å². The van der Waals surface area contributed by atoms with E-state index in [0.29, 0.717) is 5.02 Å². The molecule has 0 spiro atoms. The van der Waals surface area contributed by atoms with Gasteiger partial charge in [-0.3, -0.25) is 0 Å². The van der Waals surface area contributed by atoms with Crippen LogP contribution >= 0.6 is 11.6 Å². The van der Waals surface area contributed by atoms with Gasteiger partial charge in [0.2, 0.25) is 0 Å². The third-order valence-electron chi connectivity index (χ3n) is 2.94. The third kappa shape index (κ3) is 4.74. The summed E-state index contributed by atoms with van der Waals surface area (Å²) in [5.74, 6) is -1.24. The Morgan fingerprint density at radius 1 is 1.10 bits per heavy atom. The number of amides is 2. The van der Waals surface area contributed by atoms with Gasteiger partial charge < -0.3 is 15.7 Å². The Morgan fingerprint density at radius 3 is 2.10 bits per heavy atom. The van der Waals surface area contributed by atoms with Gasteiger partial charge in [-0.05, 0) is 30.5 Å². The molecule has 0 aromatic heterocycles. The largest absolute Gasteiger partial charge is 0.480 e. The van der Waals surface area contributed by atoms with Crippen LogP contribution in [0.25, 0.3) is 0 Å². The maximum atomic E-state index is 11.8. The fraction of sp³-hybridized carbons (Fsp3) is 0.429. The molecule has 2 unspecified atom stereocenters. The molecule has 0 aliphatic rings. The average Bonchev–Trinajstić information content (AvgIpc) is 2.35. The van der Waals surface area contributed by atoms with Crippen LogP contribution in [0.3, 0.4) is 0 Å². The predicted octanol–water partition coefficient (Wildman–Crippen LogP) is 2.81. The van der Waals surface area contributed by atoms with Gasteiger partial charge in [0, 0.05) is 5.02 Å². The lowest BCUT2D eigenvalue weighted by atomic mass is 10.1. The van der Waals surface area contributed by atoms with Crippen LogP contribution in [0.1, 0.15) is 32.4 Å². The Morgan fingerprint density at radius 2 is 1.65 bits per heavy atom. The summed E-state index contributed by atoms with van der Waals surface area (Å²) < 4.78 is 0. The summed E-state index contributed by atoms with van der Waals surface area (Å²) in [5, 5.41) is 14.8. The number of benzene rings is 1. The molecule has 1 rings (SSSR count). The van der Waals surface area contributed by atoms with E-state index in [0.717, 1.165) is 5.56 Å². The van der Waals surface area contributed by atoms with Crippen LogP contribution in [0.4, 0.5) is 4.79 Å². The SMILES string of the molecule is CC(NC(=O)NC(C(=O)O)C(C)C)c1ccc(Cl)cc1. The van der Waals surface area contributed by atoms with Crippen molar-refractivity contribution in [2.45, 2.75) is 32.9 Å². The summed E-state index contributed by atoms with van der Waals surface area (Å²) in [7, 11) is 0. The normalized spacial score (nSPS) is 13.7. The van der Waals surface area contributed by atoms with Crippen molar-refractivity contribution in [3.63, 3.8) is 0 Å². The highest BCUT2D eigenvalue weighted by Gasteiger charge is 2.23. The van der Waals surface area contributed by atoms with Crippen molar-refractivity contribution in [3.05, 3.63) is 34.9 Å². The highest BCUT2D eigenvalue weighted by molar-refractivity contribution is 6.30. The molecule has 0 saturated heterocycles. The predicted molar refractivity (Wildman–Crippen MR) is 77.8 cm³/mol. The summed E-state index contributed by atoms with van der Waals surface area (Å²) in [6.45, 7) is 5.29. The average molecular weight is 299 g/mol. The number of carboxylic acid groups (broad SMARTS) is 1. The number of carbonyl (C=O) groups is 2. The van der Waals surface area contributed by atoms with Crippen molar-refractivity contribution in [1.29, 1.82) is 0 Å². The third-order valence-corrected chi connectivity index (χ3v) is 3.19. The van der Waals surface area contributed by atoms with E-state index >= 15 is 0 Å². The van der Waals surface area contributed by atoms with Crippen LogP contribution in [-0.4, -0.2) is 23.1 Å². The Hall–Kier alpha value is -1.75. The van der Waals surface area contributed by atoms with Gasteiger partial charge >= 0.3 is 12.0 Å². The Kier molecular flexibility index (Phi) is 5.82. The molecule has 0 aliphatic heterocycles. The lowest BCUT2D eigenvalue weighted by Gasteiger charge is -2.20. The number of aliphatic carboxylic acids is 1. The van der Waals surface area contributed by atoms with Crippen molar-refractivity contribution >= 4 is 23.6 Å². The first kappa shape index (κ1) is 16.3. The van der Waals surface area contributed by atoms with Crippen molar-refractivity contribution in [2.24, 2.45) is 5.92 Å². The maximum Gasteiger partial charge on any atom is 0.326 e. The van der Waals surface area contributed by atoms with E-state index in [1.165, 1.54) is 0 Å². The molecule has 20 heavy (non-hydrogen) atoms. The minimum Gasteiger partial charge on any atom is -0.480 e. The number of hydrogen-bond acceptors (Lipinski definition) is 2. The van der Waals surface area contributed by atoms with Gasteiger partial charge in [-0.2, -0.15) is 0 Å². The quantitative estimate of drug-likeness (QED) is 0.782. The summed E-state index contributed by atoms with van der Waals surface area (Å²) in [6.07, 6.45) is 0. The zero-order chi connectivity index (χ0) is 15.3. The molecule has 3 N–H and O–H groups in total. The maximum absolute atomic E-state index is 11.8. The molecule has 0 bridgehead atoms. The number of carbonyl (C=O) groups excluding carboxylic acids is 1. The van der Waals surface area contributed by atoms with Gasteiger partial charge in [-0.25, -0.2) is 9.59 Å². The van der Waals surface area contributed by atoms with E-state index in [4.69, 9.17) is 16.7 Å². The van der Waals surface area contributed by atoms with Gasteiger partial charge in [0.05, 0.1) is 6.04 Å². The van der Waals surface area contributed by atoms with Gasteiger partial charge in [0.1, 0.15) is 6.04 Å². The zero-order valence-electron chi connectivity index (χ0n) is 11.7. The zero-order valence-corrected chi connectivity index (χ0v) is 12.4. The lowest BCUT2D eigenvalue weighted by molar-refractivity contribution is -0.140. The second kappa shape index (κ2) is 7.14. The Bertz CT molecular complexity index is 474. The van der Waals surface area contributed by atoms with Crippen molar-refractivity contribution in [2.75, 3.05) is 0 Å². The van der Waals surface area contributed by atoms with Crippen LogP contribution < -0.4 is 10.6 Å². The summed E-state index contributed by atoms with van der Waals surface area (Å²) >= 11 is 5.80. The first-order valence-corrected chi connectivity index (χ1v) is 6.74. The molecular weight excluding hydrogens is 280 g/mol. The molecule has 110 valence electrons. The second-order valence-electron chi connectivity index (χ2n) is 4.95. The number of hydrogen-bond donors (Lipinski definition) is 3. The van der Waals surface area contributed by atoms with Crippen molar-refractivity contribution in [1.82, 2.24) is 10.6 Å². The number of nitrogens with one attached hydrogen (secondary N) is 2. The molecule has 5 nitrogen and oxygen atoms in total. The van der Waals surface area contributed by atoms with E-state index in [2.05, 4.69) is 10.6 Å². The molecule has 0 saturated carbocycles. The fourth-order valence-corrected chi connectivity index (χ4v) is 1.85. The summed E-state index contributed by atoms with van der Waals surface area (Å²) in [5.41, 5.74) is 0.890. The van der Waals surface area contributed by atoms with E-state index < -0.39 is 18.0 Å². The molecule has 0 fully saturated rings. The molecule has 0 heterocycles. The van der Waals surface area contributed by atoms with Crippen LogP contribution in [0.15, 0.2) is 24.3 Å². The standard InChI is InChI=1S/C14H19ClN2O3/c1-8(2)12(13(18)19)17-14(20)16-9(3)10-4-6-11(15)7-5-10/h4-9,12H,1-3H3,(H,18,19)(H2,16,17,20). The minimum absolute atomic E-state index is 0.191. The van der Waals surface area contributed by atoms with E-state index in [-0.39, 0.29) is 12.0 Å². The molecule has 2 amide bonds. The van der Waals surface area contributed by atoms with Gasteiger partial charge in [-0.15, -0.1) is 0 Å². The van der Waals surface area contributed by atoms with Crippen molar-refractivity contribution in [3.8, 4) is 0 Å². The first-order chi connectivity index (χ1) is 9.31. The molecule has 1 aromatic rings. The molecule has 6 heteroatoms. The first-order valence-electron chi connectivity index (χ1n) is 6.36. The molecular formula is C14H19ClN2O3. The van der Waals surface area contributed by atoms with Gasteiger partial charge in [-0.1, -0.05) is 37.6 Å². The van der Waals surface area contributed by atoms with Crippen molar-refractivity contribution < 1.29 is 14.7 Å². The van der Waals surface area contributed by atoms with Crippen LogP contribution in [-0.2, 0) is 4.79 Å². The summed E-state index contributed by atoms with van der Waals surface area (Å²) in [4.78, 5) is 22.8. The number of carboxylic acids is 1. The number of rotatable bonds is 5. The Balaban J connectivity index is 2.61. The highest BCUT2D eigenvalue weighted by Crippen LogP contribution is 2.15. The van der Waals surface area contributed by atoms with E-state index in [9.17, 15) is 9.59 Å². The second-order valence-corrected chi connectivity index (χ2v) is 5.39. The lowest BCUT2D eigenvalue weighted by Crippen LogP contribution is -2.49. The molecule has 0 radical (unpaired) electrons. The monoisotopic (exact) mass is 298 g/mol. The number of urea groups is 1. The van der Waals surface area contributed by atoms with Crippen LogP contribution in [0, 0.1) is 5.92 Å². The minimum atomic E-state index is -1.05.